The van der Waals surface area contributed by atoms with E-state index in [1.54, 1.807) is 5.57 Å². The van der Waals surface area contributed by atoms with Gasteiger partial charge in [-0.15, -0.1) is 0 Å². The first kappa shape index (κ1) is 14.8. The maximum atomic E-state index is 10.6. The van der Waals surface area contributed by atoms with E-state index in [0.717, 1.165) is 29.5 Å². The van der Waals surface area contributed by atoms with Gasteiger partial charge in [0.05, 0.1) is 6.10 Å². The van der Waals surface area contributed by atoms with Gasteiger partial charge in [0.15, 0.2) is 0 Å². The maximum Gasteiger partial charge on any atom is 0.0607 e. The summed E-state index contributed by atoms with van der Waals surface area (Å²) in [5, 5.41) is 11.6. The lowest BCUT2D eigenvalue weighted by molar-refractivity contribution is -0.0626. The van der Waals surface area contributed by atoms with Crippen molar-refractivity contribution in [3.63, 3.8) is 0 Å². The van der Waals surface area contributed by atoms with Crippen molar-refractivity contribution in [2.45, 2.75) is 70.8 Å². The van der Waals surface area contributed by atoms with Gasteiger partial charge in [-0.1, -0.05) is 40.9 Å². The number of aliphatic hydroxyl groups is 1. The van der Waals surface area contributed by atoms with Crippen LogP contribution in [0.1, 0.15) is 64.7 Å². The molecule has 0 amide bonds. The van der Waals surface area contributed by atoms with Gasteiger partial charge in [-0.2, -0.15) is 0 Å². The highest BCUT2D eigenvalue weighted by atomic mass is 79.9. The second-order valence-electron chi connectivity index (χ2n) is 8.47. The highest BCUT2D eigenvalue weighted by molar-refractivity contribution is 9.09. The van der Waals surface area contributed by atoms with Crippen LogP contribution in [0.5, 0.6) is 0 Å². The normalized spacial score (nSPS) is 52.6. The Morgan fingerprint density at radius 1 is 1.19 bits per heavy atom. The largest absolute Gasteiger partial charge is 0.393 e. The summed E-state index contributed by atoms with van der Waals surface area (Å²) in [6, 6.07) is 0. The Balaban J connectivity index is 1.70. The molecule has 0 unspecified atom stereocenters. The highest BCUT2D eigenvalue weighted by Gasteiger charge is 2.59. The Hall–Kier alpha value is 0.180. The summed E-state index contributed by atoms with van der Waals surface area (Å²) in [7, 11) is 0. The zero-order valence-corrected chi connectivity index (χ0v) is 14.9. The van der Waals surface area contributed by atoms with Crippen molar-refractivity contribution in [3.8, 4) is 0 Å². The van der Waals surface area contributed by atoms with E-state index in [2.05, 4.69) is 28.9 Å². The summed E-state index contributed by atoms with van der Waals surface area (Å²) in [6.07, 6.45) is 14.3. The third kappa shape index (κ3) is 1.90. The molecule has 0 saturated heterocycles. The fourth-order valence-electron chi connectivity index (χ4n) is 6.74. The van der Waals surface area contributed by atoms with Gasteiger partial charge in [-0.05, 0) is 74.5 Å². The molecule has 0 bridgehead atoms. The lowest BCUT2D eigenvalue weighted by atomic mass is 9.48. The van der Waals surface area contributed by atoms with Crippen LogP contribution in [-0.4, -0.2) is 16.5 Å². The van der Waals surface area contributed by atoms with Crippen LogP contribution >= 0.6 is 15.9 Å². The molecule has 0 aromatic rings. The lowest BCUT2D eigenvalue weighted by Gasteiger charge is -2.57. The van der Waals surface area contributed by atoms with Gasteiger partial charge in [0, 0.05) is 10.7 Å². The molecule has 118 valence electrons. The maximum absolute atomic E-state index is 10.6. The number of hydrogen-bond acceptors (Lipinski definition) is 1. The van der Waals surface area contributed by atoms with Gasteiger partial charge in [0.2, 0.25) is 0 Å². The summed E-state index contributed by atoms with van der Waals surface area (Å²) < 4.78 is 0. The lowest BCUT2D eigenvalue weighted by Crippen LogP contribution is -2.52. The molecule has 1 N–H and O–H groups in total. The van der Waals surface area contributed by atoms with E-state index in [-0.39, 0.29) is 11.5 Å². The first-order chi connectivity index (χ1) is 10.1. The smallest absolute Gasteiger partial charge is 0.0607 e. The van der Waals surface area contributed by atoms with Gasteiger partial charge < -0.3 is 5.11 Å². The van der Waals surface area contributed by atoms with Gasteiger partial charge >= 0.3 is 0 Å². The minimum atomic E-state index is -0.0626. The third-order valence-electron chi connectivity index (χ3n) is 7.94. The second kappa shape index (κ2) is 5.09. The van der Waals surface area contributed by atoms with Crippen LogP contribution in [-0.2, 0) is 0 Å². The van der Waals surface area contributed by atoms with Crippen molar-refractivity contribution >= 4 is 15.9 Å². The molecule has 2 heteroatoms. The molecular formula is C19H29BrO. The Bertz CT molecular complexity index is 458. The van der Waals surface area contributed by atoms with Crippen molar-refractivity contribution in [2.24, 2.45) is 28.6 Å². The summed E-state index contributed by atoms with van der Waals surface area (Å²) in [5.74, 6) is 2.47. The fourth-order valence-corrected chi connectivity index (χ4v) is 7.81. The molecule has 0 aliphatic heterocycles. The number of hydrogen-bond donors (Lipinski definition) is 1. The van der Waals surface area contributed by atoms with Crippen molar-refractivity contribution in [2.75, 3.05) is 5.33 Å². The second-order valence-corrected chi connectivity index (χ2v) is 9.03. The van der Waals surface area contributed by atoms with E-state index in [1.807, 2.05) is 0 Å². The first-order valence-electron chi connectivity index (χ1n) is 9.05. The standard InChI is InChI=1S/C19H29BrO/c1-18-10-3-2-4-13(18)5-6-14-15(18)9-11-19(12-20)16(14)7-8-17(19)21/h5,14-17,21H,2-4,6-12H2,1H3/t14-,15+,16+,17+,18+,19-/m1/s1. The number of halogens is 1. The van der Waals surface area contributed by atoms with E-state index in [0.29, 0.717) is 5.41 Å². The molecule has 6 atom stereocenters. The van der Waals surface area contributed by atoms with Crippen molar-refractivity contribution in [1.82, 2.24) is 0 Å². The van der Waals surface area contributed by atoms with Crippen molar-refractivity contribution in [3.05, 3.63) is 11.6 Å². The van der Waals surface area contributed by atoms with Crippen LogP contribution in [0.4, 0.5) is 0 Å². The van der Waals surface area contributed by atoms with E-state index in [1.165, 1.54) is 51.4 Å². The molecule has 21 heavy (non-hydrogen) atoms. The molecule has 4 rings (SSSR count). The molecule has 0 radical (unpaired) electrons. The zero-order valence-electron chi connectivity index (χ0n) is 13.3. The highest BCUT2D eigenvalue weighted by Crippen LogP contribution is 2.65. The molecule has 1 nitrogen and oxygen atoms in total. The monoisotopic (exact) mass is 352 g/mol. The predicted octanol–water partition coefficient (Wildman–Crippen LogP) is 5.08. The summed E-state index contributed by atoms with van der Waals surface area (Å²) in [6.45, 7) is 2.57. The van der Waals surface area contributed by atoms with Gasteiger partial charge in [-0.3, -0.25) is 0 Å². The topological polar surface area (TPSA) is 20.2 Å². The molecular weight excluding hydrogens is 324 g/mol. The molecule has 3 fully saturated rings. The van der Waals surface area contributed by atoms with E-state index >= 15 is 0 Å². The Morgan fingerprint density at radius 2 is 2.05 bits per heavy atom. The van der Waals surface area contributed by atoms with Crippen LogP contribution in [0, 0.1) is 28.6 Å². The van der Waals surface area contributed by atoms with Crippen molar-refractivity contribution < 1.29 is 5.11 Å². The van der Waals surface area contributed by atoms with E-state index < -0.39 is 0 Å². The van der Waals surface area contributed by atoms with E-state index in [9.17, 15) is 5.11 Å². The Morgan fingerprint density at radius 3 is 2.86 bits per heavy atom. The van der Waals surface area contributed by atoms with E-state index in [4.69, 9.17) is 0 Å². The molecule has 3 saturated carbocycles. The summed E-state index contributed by atoms with van der Waals surface area (Å²) in [4.78, 5) is 0. The minimum absolute atomic E-state index is 0.0626. The number of alkyl halides is 1. The molecule has 0 heterocycles. The summed E-state index contributed by atoms with van der Waals surface area (Å²) in [5.41, 5.74) is 2.48. The number of fused-ring (bicyclic) bond motifs is 5. The zero-order chi connectivity index (χ0) is 14.7. The third-order valence-corrected chi connectivity index (χ3v) is 8.98. The van der Waals surface area contributed by atoms with Crippen LogP contribution in [0.3, 0.4) is 0 Å². The van der Waals surface area contributed by atoms with Gasteiger partial charge in [0.25, 0.3) is 0 Å². The average molecular weight is 353 g/mol. The molecule has 4 aliphatic rings. The minimum Gasteiger partial charge on any atom is -0.393 e. The summed E-state index contributed by atoms with van der Waals surface area (Å²) >= 11 is 3.77. The van der Waals surface area contributed by atoms with Crippen molar-refractivity contribution in [1.29, 1.82) is 0 Å². The average Bonchev–Trinajstić information content (AvgIpc) is 2.84. The van der Waals surface area contributed by atoms with Crippen LogP contribution in [0.15, 0.2) is 11.6 Å². The molecule has 0 spiro atoms. The molecule has 0 aromatic heterocycles. The van der Waals surface area contributed by atoms with Gasteiger partial charge in [-0.25, -0.2) is 0 Å². The molecule has 4 aliphatic carbocycles. The van der Waals surface area contributed by atoms with Gasteiger partial charge in [0.1, 0.15) is 0 Å². The quantitative estimate of drug-likeness (QED) is 0.515. The Kier molecular flexibility index (Phi) is 3.58. The Labute approximate surface area is 137 Å². The molecule has 0 aromatic carbocycles. The van der Waals surface area contributed by atoms with Crippen LogP contribution in [0.2, 0.25) is 0 Å². The first-order valence-corrected chi connectivity index (χ1v) is 10.2. The number of aliphatic hydroxyl groups excluding tert-OH is 1. The number of rotatable bonds is 1. The van der Waals surface area contributed by atoms with Crippen LogP contribution in [0.25, 0.3) is 0 Å². The SMILES string of the molecule is C[C@]12CCCCC1=CC[C@H]1[C@@H]3CC[C@H](O)[C@@]3(CBr)CC[C@@H]12. The fraction of sp³-hybridized carbons (Fsp3) is 0.895. The predicted molar refractivity (Wildman–Crippen MR) is 90.4 cm³/mol. The van der Waals surface area contributed by atoms with Crippen LogP contribution < -0.4 is 0 Å². The number of allylic oxidation sites excluding steroid dienone is 2.